The smallest absolute Gasteiger partial charge is 0.320 e. The summed E-state index contributed by atoms with van der Waals surface area (Å²) in [6, 6.07) is 6.59. The second-order valence-corrected chi connectivity index (χ2v) is 4.51. The quantitative estimate of drug-likeness (QED) is 0.880. The number of halogens is 1. The van der Waals surface area contributed by atoms with E-state index >= 15 is 0 Å². The van der Waals surface area contributed by atoms with Crippen molar-refractivity contribution < 1.29 is 14.3 Å². The van der Waals surface area contributed by atoms with Gasteiger partial charge in [0.2, 0.25) is 5.89 Å². The van der Waals surface area contributed by atoms with E-state index in [2.05, 4.69) is 10.3 Å². The molecule has 0 saturated carbocycles. The molecule has 19 heavy (non-hydrogen) atoms. The molecule has 0 aliphatic heterocycles. The molecule has 2 N–H and O–H groups in total. The van der Waals surface area contributed by atoms with Gasteiger partial charge in [0.1, 0.15) is 6.04 Å². The van der Waals surface area contributed by atoms with Crippen LogP contribution < -0.4 is 5.32 Å². The summed E-state index contributed by atoms with van der Waals surface area (Å²) in [6.07, 6.45) is 1.59. The van der Waals surface area contributed by atoms with Gasteiger partial charge in [-0.25, -0.2) is 4.98 Å². The number of aliphatic carboxylic acids is 1. The van der Waals surface area contributed by atoms with Gasteiger partial charge in [-0.1, -0.05) is 23.7 Å². The Morgan fingerprint density at radius 3 is 3.05 bits per heavy atom. The Morgan fingerprint density at radius 1 is 1.58 bits per heavy atom. The highest BCUT2D eigenvalue weighted by molar-refractivity contribution is 6.30. The lowest BCUT2D eigenvalue weighted by atomic mass is 10.2. The molecule has 1 aromatic carbocycles. The third-order valence-electron chi connectivity index (χ3n) is 2.59. The Bertz CT molecular complexity index is 583. The van der Waals surface area contributed by atoms with Gasteiger partial charge < -0.3 is 9.52 Å². The Hall–Kier alpha value is -1.85. The largest absolute Gasteiger partial charge is 0.480 e. The van der Waals surface area contributed by atoms with Crippen LogP contribution in [0.15, 0.2) is 34.9 Å². The Balaban J connectivity index is 2.05. The van der Waals surface area contributed by atoms with Gasteiger partial charge in [0.15, 0.2) is 5.76 Å². The summed E-state index contributed by atoms with van der Waals surface area (Å²) < 4.78 is 5.53. The highest BCUT2D eigenvalue weighted by Gasteiger charge is 2.12. The normalized spacial score (nSPS) is 12.3. The number of hydrogen-bond donors (Lipinski definition) is 2. The molecule has 0 radical (unpaired) electrons. The molecule has 5 nitrogen and oxygen atoms in total. The summed E-state index contributed by atoms with van der Waals surface area (Å²) in [5.74, 6) is 0.118. The van der Waals surface area contributed by atoms with Gasteiger partial charge in [-0.05, 0) is 19.1 Å². The summed E-state index contributed by atoms with van der Waals surface area (Å²) in [6.45, 7) is 1.82. The lowest BCUT2D eigenvalue weighted by molar-refractivity contribution is -0.139. The highest BCUT2D eigenvalue weighted by atomic mass is 35.5. The van der Waals surface area contributed by atoms with Crippen LogP contribution in [-0.4, -0.2) is 22.1 Å². The zero-order valence-electron chi connectivity index (χ0n) is 10.3. The van der Waals surface area contributed by atoms with E-state index in [1.807, 2.05) is 12.1 Å². The number of rotatable bonds is 5. The van der Waals surface area contributed by atoms with E-state index in [1.54, 1.807) is 25.3 Å². The number of nitrogens with zero attached hydrogens (tertiary/aromatic N) is 1. The number of aromatic nitrogens is 1. The van der Waals surface area contributed by atoms with Crippen LogP contribution in [0.2, 0.25) is 5.02 Å². The maximum Gasteiger partial charge on any atom is 0.320 e. The summed E-state index contributed by atoms with van der Waals surface area (Å²) in [5, 5.41) is 12.2. The molecule has 0 fully saturated rings. The van der Waals surface area contributed by atoms with Crippen LogP contribution in [0.4, 0.5) is 0 Å². The second kappa shape index (κ2) is 5.86. The van der Waals surface area contributed by atoms with E-state index in [0.717, 1.165) is 5.56 Å². The first kappa shape index (κ1) is 13.6. The van der Waals surface area contributed by atoms with Crippen molar-refractivity contribution in [2.24, 2.45) is 0 Å². The summed E-state index contributed by atoms with van der Waals surface area (Å²) in [4.78, 5) is 14.7. The molecule has 6 heteroatoms. The molecule has 0 unspecified atom stereocenters. The van der Waals surface area contributed by atoms with E-state index in [-0.39, 0.29) is 6.54 Å². The van der Waals surface area contributed by atoms with Crippen molar-refractivity contribution in [1.29, 1.82) is 0 Å². The van der Waals surface area contributed by atoms with E-state index in [0.29, 0.717) is 16.7 Å². The third kappa shape index (κ3) is 3.56. The predicted molar refractivity (Wildman–Crippen MR) is 70.9 cm³/mol. The van der Waals surface area contributed by atoms with Crippen LogP contribution in [0.25, 0.3) is 11.3 Å². The minimum Gasteiger partial charge on any atom is -0.480 e. The number of nitrogens with one attached hydrogen (secondary N) is 1. The van der Waals surface area contributed by atoms with Crippen molar-refractivity contribution in [3.8, 4) is 11.3 Å². The van der Waals surface area contributed by atoms with Crippen LogP contribution >= 0.6 is 11.6 Å². The second-order valence-electron chi connectivity index (χ2n) is 4.07. The molecule has 1 heterocycles. The number of carboxylic acid groups (broad SMARTS) is 1. The SMILES string of the molecule is C[C@H](NCc1ncc(-c2cccc(Cl)c2)o1)C(=O)O. The monoisotopic (exact) mass is 280 g/mol. The Morgan fingerprint density at radius 2 is 2.37 bits per heavy atom. The lowest BCUT2D eigenvalue weighted by Gasteiger charge is -2.05. The lowest BCUT2D eigenvalue weighted by Crippen LogP contribution is -2.33. The van der Waals surface area contributed by atoms with Crippen molar-refractivity contribution in [1.82, 2.24) is 10.3 Å². The standard InChI is InChI=1S/C13H13ClN2O3/c1-8(13(17)18)15-7-12-16-6-11(19-12)9-3-2-4-10(14)5-9/h2-6,8,15H,7H2,1H3,(H,17,18)/t8-/m0/s1. The van der Waals surface area contributed by atoms with Crippen LogP contribution in [0, 0.1) is 0 Å². The van der Waals surface area contributed by atoms with Crippen molar-refractivity contribution in [2.75, 3.05) is 0 Å². The average molecular weight is 281 g/mol. The molecule has 0 aliphatic rings. The minimum atomic E-state index is -0.915. The van der Waals surface area contributed by atoms with Gasteiger partial charge in [0, 0.05) is 10.6 Å². The molecule has 0 bridgehead atoms. The fraction of sp³-hybridized carbons (Fsp3) is 0.231. The Labute approximate surface area is 115 Å². The first-order valence-corrected chi connectivity index (χ1v) is 6.11. The topological polar surface area (TPSA) is 75.4 Å². The molecular formula is C13H13ClN2O3. The van der Waals surface area contributed by atoms with Crippen molar-refractivity contribution in [2.45, 2.75) is 19.5 Å². The molecule has 1 aromatic heterocycles. The summed E-state index contributed by atoms with van der Waals surface area (Å²) >= 11 is 5.90. The zero-order chi connectivity index (χ0) is 13.8. The molecule has 1 atom stereocenters. The number of benzene rings is 1. The highest BCUT2D eigenvalue weighted by Crippen LogP contribution is 2.23. The molecule has 0 spiro atoms. The third-order valence-corrected chi connectivity index (χ3v) is 2.83. The van der Waals surface area contributed by atoms with E-state index in [1.165, 1.54) is 0 Å². The summed E-state index contributed by atoms with van der Waals surface area (Å²) in [5.41, 5.74) is 0.831. The molecule has 2 rings (SSSR count). The van der Waals surface area contributed by atoms with Gasteiger partial charge in [-0.2, -0.15) is 0 Å². The number of carbonyl (C=O) groups is 1. The van der Waals surface area contributed by atoms with Gasteiger partial charge in [-0.15, -0.1) is 0 Å². The van der Waals surface area contributed by atoms with Gasteiger partial charge >= 0.3 is 5.97 Å². The average Bonchev–Trinajstić information content (AvgIpc) is 2.84. The summed E-state index contributed by atoms with van der Waals surface area (Å²) in [7, 11) is 0. The van der Waals surface area contributed by atoms with E-state index < -0.39 is 12.0 Å². The molecule has 0 amide bonds. The molecule has 0 aliphatic carbocycles. The van der Waals surface area contributed by atoms with Crippen LogP contribution in [-0.2, 0) is 11.3 Å². The molecular weight excluding hydrogens is 268 g/mol. The van der Waals surface area contributed by atoms with E-state index in [4.69, 9.17) is 21.1 Å². The first-order valence-electron chi connectivity index (χ1n) is 5.73. The van der Waals surface area contributed by atoms with Crippen molar-refractivity contribution in [3.05, 3.63) is 41.4 Å². The minimum absolute atomic E-state index is 0.258. The van der Waals surface area contributed by atoms with Crippen LogP contribution in [0.3, 0.4) is 0 Å². The maximum atomic E-state index is 10.7. The van der Waals surface area contributed by atoms with E-state index in [9.17, 15) is 4.79 Å². The van der Waals surface area contributed by atoms with Gasteiger partial charge in [0.05, 0.1) is 12.7 Å². The van der Waals surface area contributed by atoms with Gasteiger partial charge in [-0.3, -0.25) is 10.1 Å². The first-order chi connectivity index (χ1) is 9.06. The number of oxazole rings is 1. The number of hydrogen-bond acceptors (Lipinski definition) is 4. The van der Waals surface area contributed by atoms with Crippen molar-refractivity contribution >= 4 is 17.6 Å². The number of carboxylic acids is 1. The fourth-order valence-electron chi connectivity index (χ4n) is 1.49. The molecule has 0 saturated heterocycles. The molecule has 100 valence electrons. The van der Waals surface area contributed by atoms with Gasteiger partial charge in [0.25, 0.3) is 0 Å². The van der Waals surface area contributed by atoms with Crippen LogP contribution in [0.1, 0.15) is 12.8 Å². The van der Waals surface area contributed by atoms with Crippen LogP contribution in [0.5, 0.6) is 0 Å². The Kier molecular flexibility index (Phi) is 4.19. The fourth-order valence-corrected chi connectivity index (χ4v) is 1.69. The van der Waals surface area contributed by atoms with Crippen molar-refractivity contribution in [3.63, 3.8) is 0 Å². The predicted octanol–water partition coefficient (Wildman–Crippen LogP) is 2.56. The molecule has 2 aromatic rings. The maximum absolute atomic E-state index is 10.7. The zero-order valence-corrected chi connectivity index (χ0v) is 11.0.